The van der Waals surface area contributed by atoms with E-state index in [1.165, 1.54) is 12.1 Å². The van der Waals surface area contributed by atoms with Gasteiger partial charge in [0.15, 0.2) is 0 Å². The zero-order chi connectivity index (χ0) is 17.3. The molecule has 2 aromatic carbocycles. The van der Waals surface area contributed by atoms with Crippen molar-refractivity contribution in [3.05, 3.63) is 87.5 Å². The monoisotopic (exact) mass is 346 g/mol. The summed E-state index contributed by atoms with van der Waals surface area (Å²) in [6, 6.07) is 9.63. The van der Waals surface area contributed by atoms with E-state index in [0.29, 0.717) is 17.8 Å². The Labute approximate surface area is 144 Å². The number of H-pyrrole nitrogens is 1. The van der Waals surface area contributed by atoms with Crippen LogP contribution in [0.5, 0.6) is 0 Å². The number of hydrogen-bond acceptors (Lipinski definition) is 1. The number of nitrogens with zero attached hydrogens (tertiary/aromatic N) is 1. The largest absolute Gasteiger partial charge is 0.345 e. The number of rotatable bonds is 4. The minimum Gasteiger partial charge on any atom is -0.345 e. The van der Waals surface area contributed by atoms with Crippen LogP contribution >= 0.6 is 11.6 Å². The highest BCUT2D eigenvalue weighted by Crippen LogP contribution is 2.33. The standard InChI is InChI=1S/C19H17ClF2N2/c1-3-12-8-13(4-6-16(12)21)18(19-23-10-11(2)24-19)14-5-7-17(22)15(20)9-14/h4-10,18H,3H2,1-2H3,(H,23,24). The molecule has 0 saturated heterocycles. The summed E-state index contributed by atoms with van der Waals surface area (Å²) in [7, 11) is 0. The van der Waals surface area contributed by atoms with Gasteiger partial charge in [-0.05, 0) is 48.2 Å². The molecule has 0 fully saturated rings. The molecule has 1 N–H and O–H groups in total. The predicted octanol–water partition coefficient (Wildman–Crippen LogP) is 5.39. The minimum absolute atomic E-state index is 0.0543. The molecule has 1 heterocycles. The molecule has 0 spiro atoms. The van der Waals surface area contributed by atoms with Gasteiger partial charge in [-0.1, -0.05) is 36.7 Å². The molecule has 24 heavy (non-hydrogen) atoms. The molecule has 0 aliphatic rings. The van der Waals surface area contributed by atoms with Crippen molar-refractivity contribution in [2.45, 2.75) is 26.2 Å². The van der Waals surface area contributed by atoms with Gasteiger partial charge in [0.05, 0.1) is 10.9 Å². The van der Waals surface area contributed by atoms with Crippen LogP contribution in [0.15, 0.2) is 42.6 Å². The molecule has 3 rings (SSSR count). The summed E-state index contributed by atoms with van der Waals surface area (Å²) in [4.78, 5) is 7.63. The van der Waals surface area contributed by atoms with E-state index in [4.69, 9.17) is 11.6 Å². The third kappa shape index (κ3) is 3.20. The van der Waals surface area contributed by atoms with Crippen LogP contribution in [-0.2, 0) is 6.42 Å². The van der Waals surface area contributed by atoms with Gasteiger partial charge in [0.2, 0.25) is 0 Å². The minimum atomic E-state index is -0.469. The Morgan fingerprint density at radius 1 is 1.08 bits per heavy atom. The summed E-state index contributed by atoms with van der Waals surface area (Å²) >= 11 is 5.96. The summed E-state index contributed by atoms with van der Waals surface area (Å²) in [5.41, 5.74) is 3.23. The maximum absolute atomic E-state index is 13.9. The Bertz CT molecular complexity index is 874. The third-order valence-electron chi connectivity index (χ3n) is 4.06. The van der Waals surface area contributed by atoms with Crippen molar-refractivity contribution in [3.8, 4) is 0 Å². The van der Waals surface area contributed by atoms with Gasteiger partial charge in [0.1, 0.15) is 17.5 Å². The number of hydrogen-bond donors (Lipinski definition) is 1. The number of aromatic amines is 1. The first-order chi connectivity index (χ1) is 11.5. The fourth-order valence-electron chi connectivity index (χ4n) is 2.82. The van der Waals surface area contributed by atoms with Gasteiger partial charge in [0.25, 0.3) is 0 Å². The van der Waals surface area contributed by atoms with Crippen LogP contribution in [0.1, 0.15) is 41.1 Å². The molecule has 0 saturated carbocycles. The number of aryl methyl sites for hydroxylation is 2. The van der Waals surface area contributed by atoms with E-state index < -0.39 is 5.82 Å². The van der Waals surface area contributed by atoms with Crippen molar-refractivity contribution < 1.29 is 8.78 Å². The van der Waals surface area contributed by atoms with E-state index in [0.717, 1.165) is 16.8 Å². The van der Waals surface area contributed by atoms with Gasteiger partial charge in [-0.3, -0.25) is 0 Å². The van der Waals surface area contributed by atoms with Crippen LogP contribution in [0.3, 0.4) is 0 Å². The summed E-state index contributed by atoms with van der Waals surface area (Å²) in [5, 5.41) is 0.0543. The SMILES string of the molecule is CCc1cc(C(c2ccc(F)c(Cl)c2)c2ncc(C)[nH]2)ccc1F. The molecular weight excluding hydrogens is 330 g/mol. The Balaban J connectivity index is 2.17. The van der Waals surface area contributed by atoms with Crippen molar-refractivity contribution >= 4 is 11.6 Å². The maximum Gasteiger partial charge on any atom is 0.141 e. The second-order valence-electron chi connectivity index (χ2n) is 5.76. The van der Waals surface area contributed by atoms with E-state index in [1.807, 2.05) is 19.9 Å². The zero-order valence-electron chi connectivity index (χ0n) is 13.4. The Kier molecular flexibility index (Phi) is 4.67. The van der Waals surface area contributed by atoms with Crippen molar-refractivity contribution in [3.63, 3.8) is 0 Å². The second-order valence-corrected chi connectivity index (χ2v) is 6.17. The fraction of sp³-hybridized carbons (Fsp3) is 0.211. The lowest BCUT2D eigenvalue weighted by Crippen LogP contribution is -2.07. The van der Waals surface area contributed by atoms with E-state index >= 15 is 0 Å². The van der Waals surface area contributed by atoms with Crippen molar-refractivity contribution in [2.75, 3.05) is 0 Å². The van der Waals surface area contributed by atoms with Crippen molar-refractivity contribution in [1.82, 2.24) is 9.97 Å². The van der Waals surface area contributed by atoms with Gasteiger partial charge in [-0.2, -0.15) is 0 Å². The first kappa shape index (κ1) is 16.7. The van der Waals surface area contributed by atoms with E-state index in [9.17, 15) is 8.78 Å². The first-order valence-corrected chi connectivity index (χ1v) is 8.12. The Morgan fingerprint density at radius 2 is 1.75 bits per heavy atom. The second kappa shape index (κ2) is 6.73. The number of halogens is 3. The van der Waals surface area contributed by atoms with Crippen LogP contribution in [0.25, 0.3) is 0 Å². The summed E-state index contributed by atoms with van der Waals surface area (Å²) in [6.45, 7) is 3.82. The number of nitrogens with one attached hydrogen (secondary N) is 1. The topological polar surface area (TPSA) is 28.7 Å². The number of aromatic nitrogens is 2. The normalized spacial score (nSPS) is 12.4. The molecule has 0 aliphatic carbocycles. The van der Waals surface area contributed by atoms with Crippen LogP contribution in [-0.4, -0.2) is 9.97 Å². The molecule has 1 atom stereocenters. The van der Waals surface area contributed by atoms with E-state index in [1.54, 1.807) is 24.4 Å². The maximum atomic E-state index is 13.9. The predicted molar refractivity (Wildman–Crippen MR) is 91.5 cm³/mol. The first-order valence-electron chi connectivity index (χ1n) is 7.74. The average molecular weight is 347 g/mol. The van der Waals surface area contributed by atoms with Crippen LogP contribution in [0, 0.1) is 18.6 Å². The van der Waals surface area contributed by atoms with Crippen LogP contribution < -0.4 is 0 Å². The highest BCUT2D eigenvalue weighted by atomic mass is 35.5. The summed E-state index contributed by atoms with van der Waals surface area (Å²) in [6.07, 6.45) is 2.32. The lowest BCUT2D eigenvalue weighted by atomic mass is 9.89. The van der Waals surface area contributed by atoms with Gasteiger partial charge >= 0.3 is 0 Å². The average Bonchev–Trinajstić information content (AvgIpc) is 2.98. The molecule has 0 bridgehead atoms. The molecule has 0 radical (unpaired) electrons. The summed E-state index contributed by atoms with van der Waals surface area (Å²) < 4.78 is 27.4. The van der Waals surface area contributed by atoms with Crippen LogP contribution in [0.4, 0.5) is 8.78 Å². The highest BCUT2D eigenvalue weighted by molar-refractivity contribution is 6.30. The lowest BCUT2D eigenvalue weighted by Gasteiger charge is -2.18. The number of benzene rings is 2. The Hall–Kier alpha value is -2.20. The van der Waals surface area contributed by atoms with Crippen molar-refractivity contribution in [2.24, 2.45) is 0 Å². The Morgan fingerprint density at radius 3 is 2.33 bits per heavy atom. The molecule has 124 valence electrons. The van der Waals surface area contributed by atoms with E-state index in [2.05, 4.69) is 9.97 Å². The molecule has 3 aromatic rings. The smallest absolute Gasteiger partial charge is 0.141 e. The molecule has 5 heteroatoms. The molecule has 0 aliphatic heterocycles. The summed E-state index contributed by atoms with van der Waals surface area (Å²) in [5.74, 6) is -0.262. The molecule has 1 unspecified atom stereocenters. The number of imidazole rings is 1. The molecule has 2 nitrogen and oxygen atoms in total. The molecular formula is C19H17ClF2N2. The quantitative estimate of drug-likeness (QED) is 0.674. The van der Waals surface area contributed by atoms with E-state index in [-0.39, 0.29) is 16.8 Å². The molecule has 0 amide bonds. The van der Waals surface area contributed by atoms with Gasteiger partial charge < -0.3 is 4.98 Å². The zero-order valence-corrected chi connectivity index (χ0v) is 14.2. The lowest BCUT2D eigenvalue weighted by molar-refractivity contribution is 0.610. The van der Waals surface area contributed by atoms with Crippen molar-refractivity contribution in [1.29, 1.82) is 0 Å². The molecule has 1 aromatic heterocycles. The van der Waals surface area contributed by atoms with Gasteiger partial charge in [0, 0.05) is 11.9 Å². The van der Waals surface area contributed by atoms with Gasteiger partial charge in [-0.15, -0.1) is 0 Å². The third-order valence-corrected chi connectivity index (χ3v) is 4.35. The fourth-order valence-corrected chi connectivity index (χ4v) is 3.01. The van der Waals surface area contributed by atoms with Gasteiger partial charge in [-0.25, -0.2) is 13.8 Å². The van der Waals surface area contributed by atoms with Crippen LogP contribution in [0.2, 0.25) is 5.02 Å². The highest BCUT2D eigenvalue weighted by Gasteiger charge is 2.21.